The summed E-state index contributed by atoms with van der Waals surface area (Å²) in [5, 5.41) is 3.62. The molecule has 0 saturated heterocycles. The lowest BCUT2D eigenvalue weighted by Gasteiger charge is -2.40. The first-order valence-electron chi connectivity index (χ1n) is 11.7. The van der Waals surface area contributed by atoms with Crippen molar-refractivity contribution < 1.29 is 0 Å². The Balaban J connectivity index is 2.07. The van der Waals surface area contributed by atoms with Crippen LogP contribution in [0.1, 0.15) is 69.2 Å². The fraction of sp³-hybridized carbons (Fsp3) is 0.571. The zero-order valence-electron chi connectivity index (χ0n) is 20.7. The van der Waals surface area contributed by atoms with Gasteiger partial charge in [-0.2, -0.15) is 0 Å². The molecule has 0 N–H and O–H groups in total. The lowest BCUT2D eigenvalue weighted by Crippen LogP contribution is -2.32. The Bertz CT molecular complexity index is 785. The molecule has 4 atom stereocenters. The van der Waals surface area contributed by atoms with Gasteiger partial charge in [0.05, 0.1) is 0 Å². The van der Waals surface area contributed by atoms with Crippen molar-refractivity contribution in [3.63, 3.8) is 0 Å². The maximum absolute atomic E-state index is 2.59. The monoisotopic (exact) mass is 440 g/mol. The third-order valence-corrected chi connectivity index (χ3v) is 13.7. The summed E-state index contributed by atoms with van der Waals surface area (Å²) in [5.41, 5.74) is 7.27. The molecule has 0 aromatic heterocycles. The fourth-order valence-corrected chi connectivity index (χ4v) is 11.5. The summed E-state index contributed by atoms with van der Waals surface area (Å²) >= 11 is 0. The average Bonchev–Trinajstić information content (AvgIpc) is 3.08. The molecule has 0 aliphatic heterocycles. The molecule has 2 aromatic carbocycles. The summed E-state index contributed by atoms with van der Waals surface area (Å²) in [6.07, 6.45) is 4.28. The average molecular weight is 441 g/mol. The minimum atomic E-state index is -0.365. The van der Waals surface area contributed by atoms with Gasteiger partial charge in [0.25, 0.3) is 0 Å². The summed E-state index contributed by atoms with van der Waals surface area (Å²) in [6, 6.07) is 14.6. The zero-order valence-corrected chi connectivity index (χ0v) is 22.5. The molecule has 3 rings (SSSR count). The van der Waals surface area contributed by atoms with E-state index in [1.807, 2.05) is 0 Å². The van der Waals surface area contributed by atoms with E-state index in [-0.39, 0.29) is 15.8 Å². The van der Waals surface area contributed by atoms with Crippen molar-refractivity contribution >= 4 is 26.5 Å². The minimum absolute atomic E-state index is 0.0284. The van der Waals surface area contributed by atoms with E-state index in [0.29, 0.717) is 5.16 Å². The summed E-state index contributed by atoms with van der Waals surface area (Å²) in [7, 11) is -0.336. The van der Waals surface area contributed by atoms with Gasteiger partial charge < -0.3 is 0 Å². The minimum Gasteiger partial charge on any atom is -0.101 e. The van der Waals surface area contributed by atoms with Crippen LogP contribution in [0.2, 0.25) is 0 Å². The number of aryl methyl sites for hydroxylation is 4. The van der Waals surface area contributed by atoms with Crippen molar-refractivity contribution in [1.82, 2.24) is 0 Å². The van der Waals surface area contributed by atoms with Crippen LogP contribution >= 0.6 is 15.8 Å². The van der Waals surface area contributed by atoms with Crippen molar-refractivity contribution in [3.05, 3.63) is 58.7 Å². The van der Waals surface area contributed by atoms with Crippen LogP contribution < -0.4 is 10.6 Å². The van der Waals surface area contributed by atoms with E-state index in [1.165, 1.54) is 41.5 Å². The maximum Gasteiger partial charge on any atom is -0.0123 e. The molecule has 164 valence electrons. The van der Waals surface area contributed by atoms with E-state index in [9.17, 15) is 0 Å². The number of hydrogen-bond donors (Lipinski definition) is 0. The van der Waals surface area contributed by atoms with Gasteiger partial charge in [-0.15, -0.1) is 7.92 Å². The van der Waals surface area contributed by atoms with Crippen LogP contribution in [0.15, 0.2) is 36.4 Å². The largest absolute Gasteiger partial charge is 0.101 e. The van der Waals surface area contributed by atoms with E-state index in [4.69, 9.17) is 0 Å². The van der Waals surface area contributed by atoms with Crippen molar-refractivity contribution in [2.75, 3.05) is 6.66 Å². The van der Waals surface area contributed by atoms with Crippen LogP contribution in [0.5, 0.6) is 0 Å². The summed E-state index contributed by atoms with van der Waals surface area (Å²) in [6.45, 7) is 21.6. The fourth-order valence-electron chi connectivity index (χ4n) is 5.50. The molecular formula is C28H42P2. The Labute approximate surface area is 188 Å². The van der Waals surface area contributed by atoms with Crippen LogP contribution in [-0.4, -0.2) is 23.1 Å². The normalized spacial score (nSPS) is 21.8. The Morgan fingerprint density at radius 2 is 1.20 bits per heavy atom. The van der Waals surface area contributed by atoms with E-state index in [2.05, 4.69) is 98.5 Å². The lowest BCUT2D eigenvalue weighted by molar-refractivity contribution is 0.541. The molecular weight excluding hydrogens is 398 g/mol. The molecule has 1 saturated carbocycles. The van der Waals surface area contributed by atoms with Gasteiger partial charge in [-0.25, -0.2) is 0 Å². The molecule has 4 unspecified atom stereocenters. The number of benzene rings is 2. The lowest BCUT2D eigenvalue weighted by atomic mass is 10.0. The molecule has 0 heterocycles. The van der Waals surface area contributed by atoms with Crippen LogP contribution in [0, 0.1) is 33.6 Å². The van der Waals surface area contributed by atoms with E-state index >= 15 is 0 Å². The first-order chi connectivity index (χ1) is 14.0. The second-order valence-electron chi connectivity index (χ2n) is 10.7. The van der Waals surface area contributed by atoms with Crippen molar-refractivity contribution in [2.45, 2.75) is 91.1 Å². The molecule has 0 radical (unpaired) electrons. The van der Waals surface area contributed by atoms with Crippen molar-refractivity contribution in [3.8, 4) is 0 Å². The zero-order chi connectivity index (χ0) is 22.2. The van der Waals surface area contributed by atoms with Crippen LogP contribution in [0.4, 0.5) is 0 Å². The second-order valence-corrected chi connectivity index (χ2v) is 16.6. The smallest absolute Gasteiger partial charge is 0.0123 e. The van der Waals surface area contributed by atoms with E-state index < -0.39 is 0 Å². The standard InChI is InChI=1S/C28H42P2/c1-19-13-20(2)16-24(15-19)30(25-17-21(3)14-22(4)18-25)23(5)26-11-10-12-27(26)29(9)28(6,7)8/h13-18,23,26-27H,10-12H2,1-9H3. The van der Waals surface area contributed by atoms with Gasteiger partial charge in [0.2, 0.25) is 0 Å². The first kappa shape index (κ1) is 24.0. The van der Waals surface area contributed by atoms with Gasteiger partial charge in [-0.3, -0.25) is 0 Å². The van der Waals surface area contributed by atoms with Crippen LogP contribution in [0.25, 0.3) is 0 Å². The quantitative estimate of drug-likeness (QED) is 0.416. The van der Waals surface area contributed by atoms with Crippen molar-refractivity contribution in [1.29, 1.82) is 0 Å². The molecule has 30 heavy (non-hydrogen) atoms. The van der Waals surface area contributed by atoms with Crippen LogP contribution in [-0.2, 0) is 0 Å². The van der Waals surface area contributed by atoms with Gasteiger partial charge in [0.1, 0.15) is 0 Å². The number of rotatable bonds is 5. The Hall–Kier alpha value is -0.700. The highest BCUT2D eigenvalue weighted by Gasteiger charge is 2.41. The van der Waals surface area contributed by atoms with Gasteiger partial charge in [0, 0.05) is 0 Å². The summed E-state index contributed by atoms with van der Waals surface area (Å²) in [4.78, 5) is 0. The Morgan fingerprint density at radius 1 is 0.767 bits per heavy atom. The summed E-state index contributed by atoms with van der Waals surface area (Å²) < 4.78 is 0. The predicted octanol–water partition coefficient (Wildman–Crippen LogP) is 7.82. The predicted molar refractivity (Wildman–Crippen MR) is 141 cm³/mol. The highest BCUT2D eigenvalue weighted by atomic mass is 31.1. The van der Waals surface area contributed by atoms with E-state index in [0.717, 1.165) is 17.2 Å². The molecule has 0 bridgehead atoms. The Morgan fingerprint density at radius 3 is 1.60 bits per heavy atom. The first-order valence-corrected chi connectivity index (χ1v) is 14.9. The topological polar surface area (TPSA) is 0 Å². The number of hydrogen-bond acceptors (Lipinski definition) is 0. The van der Waals surface area contributed by atoms with E-state index in [1.54, 1.807) is 10.6 Å². The van der Waals surface area contributed by atoms with Crippen molar-refractivity contribution in [2.24, 2.45) is 5.92 Å². The third-order valence-electron chi connectivity index (χ3n) is 7.08. The molecule has 0 nitrogen and oxygen atoms in total. The molecule has 1 fully saturated rings. The summed E-state index contributed by atoms with van der Waals surface area (Å²) in [5.74, 6) is 0.855. The van der Waals surface area contributed by atoms with Gasteiger partial charge in [-0.1, -0.05) is 92.8 Å². The molecule has 2 heteroatoms. The second kappa shape index (κ2) is 9.43. The van der Waals surface area contributed by atoms with Gasteiger partial charge in [0.15, 0.2) is 0 Å². The molecule has 0 amide bonds. The molecule has 2 aromatic rings. The third kappa shape index (κ3) is 5.37. The highest BCUT2D eigenvalue weighted by Crippen LogP contribution is 2.60. The molecule has 1 aliphatic rings. The van der Waals surface area contributed by atoms with Crippen LogP contribution in [0.3, 0.4) is 0 Å². The van der Waals surface area contributed by atoms with Gasteiger partial charge in [-0.05, 0) is 88.1 Å². The maximum atomic E-state index is 2.59. The molecule has 1 aliphatic carbocycles. The highest BCUT2D eigenvalue weighted by molar-refractivity contribution is 7.73. The van der Waals surface area contributed by atoms with Gasteiger partial charge >= 0.3 is 0 Å². The molecule has 0 spiro atoms. The SMILES string of the molecule is Cc1cc(C)cc(P(c2cc(C)cc(C)c2)C(C)C2CCCC2P(C)C(C)(C)C)c1. The Kier molecular flexibility index (Phi) is 7.53.